The lowest BCUT2D eigenvalue weighted by Gasteiger charge is -2.20. The van der Waals surface area contributed by atoms with Crippen LogP contribution in [0.5, 0.6) is 0 Å². The molecular weight excluding hydrogens is 677 g/mol. The van der Waals surface area contributed by atoms with Gasteiger partial charge in [0.1, 0.15) is 6.61 Å². The zero-order valence-electron chi connectivity index (χ0n) is 33.0. The molecule has 0 heterocycles. The lowest BCUT2D eigenvalue weighted by molar-refractivity contribution is -0.161. The van der Waals surface area contributed by atoms with E-state index in [9.17, 15) is 19.0 Å². The molecule has 0 radical (unpaired) electrons. The molecule has 0 spiro atoms. The number of likely N-dealkylation sites (N-methyl/N-ethyl adjacent to an activating group) is 1. The Balaban J connectivity index is 4.35. The fourth-order valence-electron chi connectivity index (χ4n) is 5.07. The van der Waals surface area contributed by atoms with Gasteiger partial charge in [-0.2, -0.15) is 0 Å². The van der Waals surface area contributed by atoms with Crippen molar-refractivity contribution in [1.82, 2.24) is 5.32 Å². The largest absolute Gasteiger partial charge is 0.472 e. The van der Waals surface area contributed by atoms with Gasteiger partial charge in [0.2, 0.25) is 0 Å². The van der Waals surface area contributed by atoms with Crippen LogP contribution in [0.2, 0.25) is 0 Å². The summed E-state index contributed by atoms with van der Waals surface area (Å²) in [5.74, 6) is -0.866. The van der Waals surface area contributed by atoms with Gasteiger partial charge >= 0.3 is 19.8 Å². The van der Waals surface area contributed by atoms with Crippen molar-refractivity contribution in [3.05, 3.63) is 60.8 Å². The quantitative estimate of drug-likeness (QED) is 0.0276. The molecule has 0 aromatic carbocycles. The van der Waals surface area contributed by atoms with Crippen LogP contribution in [0.4, 0.5) is 0 Å². The molecular formula is C42H74NO8P. The van der Waals surface area contributed by atoms with E-state index >= 15 is 0 Å². The molecule has 0 aromatic heterocycles. The van der Waals surface area contributed by atoms with Gasteiger partial charge in [-0.15, -0.1) is 0 Å². The van der Waals surface area contributed by atoms with Crippen LogP contribution in [0.25, 0.3) is 0 Å². The number of hydrogen-bond donors (Lipinski definition) is 2. The average Bonchev–Trinajstić information content (AvgIpc) is 3.12. The van der Waals surface area contributed by atoms with Gasteiger partial charge in [0.25, 0.3) is 0 Å². The van der Waals surface area contributed by atoms with E-state index in [4.69, 9.17) is 18.5 Å². The molecule has 0 fully saturated rings. The molecule has 2 atom stereocenters. The minimum atomic E-state index is -4.36. The summed E-state index contributed by atoms with van der Waals surface area (Å²) in [7, 11) is -2.67. The van der Waals surface area contributed by atoms with Gasteiger partial charge in [-0.05, 0) is 84.1 Å². The molecule has 2 unspecified atom stereocenters. The number of carbonyl (C=O) groups excluding carboxylic acids is 2. The summed E-state index contributed by atoms with van der Waals surface area (Å²) < 4.78 is 33.1. The first-order valence-electron chi connectivity index (χ1n) is 20.2. The molecule has 0 bridgehead atoms. The minimum Gasteiger partial charge on any atom is -0.462 e. The third-order valence-electron chi connectivity index (χ3n) is 8.12. The lowest BCUT2D eigenvalue weighted by atomic mass is 10.1. The summed E-state index contributed by atoms with van der Waals surface area (Å²) in [4.78, 5) is 35.0. The predicted molar refractivity (Wildman–Crippen MR) is 215 cm³/mol. The van der Waals surface area contributed by atoms with Crippen LogP contribution in [-0.4, -0.2) is 56.3 Å². The molecule has 0 aromatic rings. The summed E-state index contributed by atoms with van der Waals surface area (Å²) in [6.07, 6.45) is 42.6. The van der Waals surface area contributed by atoms with E-state index in [0.717, 1.165) is 64.2 Å². The van der Waals surface area contributed by atoms with Crippen molar-refractivity contribution < 1.29 is 37.6 Å². The summed E-state index contributed by atoms with van der Waals surface area (Å²) in [5.41, 5.74) is 0. The second-order valence-corrected chi connectivity index (χ2v) is 14.5. The number of rotatable bonds is 37. The van der Waals surface area contributed by atoms with Gasteiger partial charge in [0.15, 0.2) is 6.10 Å². The lowest BCUT2D eigenvalue weighted by Crippen LogP contribution is -2.29. The Morgan fingerprint density at radius 2 is 1.10 bits per heavy atom. The van der Waals surface area contributed by atoms with Crippen molar-refractivity contribution in [2.45, 2.75) is 161 Å². The molecule has 0 aliphatic carbocycles. The third kappa shape index (κ3) is 37.5. The van der Waals surface area contributed by atoms with E-state index in [0.29, 0.717) is 19.4 Å². The predicted octanol–water partition coefficient (Wildman–Crippen LogP) is 11.2. The van der Waals surface area contributed by atoms with Gasteiger partial charge < -0.3 is 19.7 Å². The number of nitrogens with one attached hydrogen (secondary N) is 1. The van der Waals surface area contributed by atoms with Gasteiger partial charge in [-0.1, -0.05) is 126 Å². The minimum absolute atomic E-state index is 0.0269. The van der Waals surface area contributed by atoms with E-state index in [1.807, 2.05) is 0 Å². The Morgan fingerprint density at radius 1 is 0.615 bits per heavy atom. The molecule has 0 saturated carbocycles. The first-order valence-corrected chi connectivity index (χ1v) is 21.7. The van der Waals surface area contributed by atoms with Crippen molar-refractivity contribution in [3.8, 4) is 0 Å². The summed E-state index contributed by atoms with van der Waals surface area (Å²) in [6, 6.07) is 0. The summed E-state index contributed by atoms with van der Waals surface area (Å²) >= 11 is 0. The van der Waals surface area contributed by atoms with Gasteiger partial charge in [-0.25, -0.2) is 4.57 Å². The van der Waals surface area contributed by atoms with Crippen LogP contribution in [-0.2, 0) is 32.7 Å². The van der Waals surface area contributed by atoms with E-state index in [1.54, 1.807) is 7.05 Å². The smallest absolute Gasteiger partial charge is 0.462 e. The molecule has 52 heavy (non-hydrogen) atoms. The van der Waals surface area contributed by atoms with Crippen molar-refractivity contribution >= 4 is 19.8 Å². The van der Waals surface area contributed by atoms with Crippen molar-refractivity contribution in [3.63, 3.8) is 0 Å². The second-order valence-electron chi connectivity index (χ2n) is 13.1. The Kier molecular flexibility index (Phi) is 36.7. The Morgan fingerprint density at radius 3 is 1.69 bits per heavy atom. The monoisotopic (exact) mass is 752 g/mol. The number of phosphoric ester groups is 1. The maximum absolute atomic E-state index is 12.6. The molecule has 10 heteroatoms. The number of carbonyl (C=O) groups is 2. The molecule has 300 valence electrons. The zero-order valence-corrected chi connectivity index (χ0v) is 33.9. The van der Waals surface area contributed by atoms with Crippen molar-refractivity contribution in [2.24, 2.45) is 0 Å². The van der Waals surface area contributed by atoms with Crippen LogP contribution < -0.4 is 5.32 Å². The molecule has 0 amide bonds. The second kappa shape index (κ2) is 38.4. The zero-order chi connectivity index (χ0) is 38.2. The fraction of sp³-hybridized carbons (Fsp3) is 0.714. The molecule has 9 nitrogen and oxygen atoms in total. The summed E-state index contributed by atoms with van der Waals surface area (Å²) in [5, 5.41) is 2.81. The summed E-state index contributed by atoms with van der Waals surface area (Å²) in [6.45, 7) is 4.03. The van der Waals surface area contributed by atoms with E-state index in [2.05, 4.69) is 79.9 Å². The van der Waals surface area contributed by atoms with Crippen LogP contribution in [0, 0.1) is 0 Å². The van der Waals surface area contributed by atoms with E-state index in [1.165, 1.54) is 51.4 Å². The SMILES string of the molecule is CC/C=C\C/C=C\C/C=C\C/C=C\CCCCC(=O)OCC(COP(=O)(O)OCCNC)OC(=O)CCCCCCCCC/C=C\CCCCCC. The molecule has 0 aliphatic rings. The van der Waals surface area contributed by atoms with Crippen LogP contribution >= 0.6 is 7.82 Å². The number of hydrogen-bond acceptors (Lipinski definition) is 8. The number of ether oxygens (including phenoxy) is 2. The fourth-order valence-corrected chi connectivity index (χ4v) is 5.82. The maximum Gasteiger partial charge on any atom is 0.472 e. The molecule has 2 N–H and O–H groups in total. The Hall–Kier alpha value is -2.29. The van der Waals surface area contributed by atoms with E-state index < -0.39 is 32.5 Å². The number of allylic oxidation sites excluding steroid dienone is 10. The topological polar surface area (TPSA) is 120 Å². The first kappa shape index (κ1) is 49.7. The van der Waals surface area contributed by atoms with Gasteiger partial charge in [0, 0.05) is 19.4 Å². The van der Waals surface area contributed by atoms with Crippen LogP contribution in [0.3, 0.4) is 0 Å². The van der Waals surface area contributed by atoms with E-state index in [-0.39, 0.29) is 26.1 Å². The molecule has 0 aliphatic heterocycles. The number of phosphoric acid groups is 1. The van der Waals surface area contributed by atoms with Crippen LogP contribution in [0.15, 0.2) is 60.8 Å². The van der Waals surface area contributed by atoms with Gasteiger partial charge in [0.05, 0.1) is 13.2 Å². The highest BCUT2D eigenvalue weighted by atomic mass is 31.2. The average molecular weight is 752 g/mol. The maximum atomic E-state index is 12.6. The highest BCUT2D eigenvalue weighted by Crippen LogP contribution is 2.43. The normalized spacial score (nSPS) is 14.0. The highest BCUT2D eigenvalue weighted by Gasteiger charge is 2.26. The Labute approximate surface area is 317 Å². The molecule has 0 saturated heterocycles. The van der Waals surface area contributed by atoms with Crippen molar-refractivity contribution in [1.29, 1.82) is 0 Å². The van der Waals surface area contributed by atoms with Gasteiger partial charge in [-0.3, -0.25) is 18.6 Å². The number of unbranched alkanes of at least 4 members (excludes halogenated alkanes) is 13. The number of esters is 2. The Bertz CT molecular complexity index is 1040. The van der Waals surface area contributed by atoms with Crippen LogP contribution in [0.1, 0.15) is 155 Å². The standard InChI is InChI=1S/C42H74NO8P/c1-4-6-8-10-12-14-16-18-20-22-24-26-28-30-32-34-41(44)48-38-40(39-50-52(46,47)49-37-36-43-3)51-42(45)35-33-31-29-27-25-23-21-19-17-15-13-11-9-7-5-2/h6,8,12,14-15,17-18,20,24,26,40,43H,4-5,7,9-11,13,16,19,21-23,25,27-39H2,1-3H3,(H,46,47)/b8-6-,14-12-,17-15-,20-18-,26-24-. The highest BCUT2D eigenvalue weighted by molar-refractivity contribution is 7.47. The first-order chi connectivity index (χ1) is 25.3. The molecule has 0 rings (SSSR count). The third-order valence-corrected chi connectivity index (χ3v) is 9.11. The van der Waals surface area contributed by atoms with Crippen molar-refractivity contribution in [2.75, 3.05) is 33.4 Å².